The Morgan fingerprint density at radius 2 is 1.38 bits per heavy atom. The molecule has 2 nitrogen and oxygen atoms in total. The zero-order valence-corrected chi connectivity index (χ0v) is 19.4. The first-order chi connectivity index (χ1) is 17.2. The van der Waals surface area contributed by atoms with Gasteiger partial charge < -0.3 is 9.47 Å². The van der Waals surface area contributed by atoms with Crippen molar-refractivity contribution in [2.45, 2.75) is 63.6 Å². The second-order valence-corrected chi connectivity index (χ2v) is 8.80. The third kappa shape index (κ3) is 7.10. The number of hydrogen-bond donors (Lipinski definition) is 0. The summed E-state index contributed by atoms with van der Waals surface area (Å²) in [5.74, 6) is -10.3. The van der Waals surface area contributed by atoms with Gasteiger partial charge in [-0.05, 0) is 55.2 Å². The molecule has 2 aromatic rings. The predicted octanol–water partition coefficient (Wildman–Crippen LogP) is 9.20. The van der Waals surface area contributed by atoms with Crippen LogP contribution in [0.2, 0.25) is 0 Å². The third-order valence-corrected chi connectivity index (χ3v) is 6.10. The van der Waals surface area contributed by atoms with Crippen molar-refractivity contribution in [1.29, 1.82) is 0 Å². The van der Waals surface area contributed by atoms with Crippen LogP contribution >= 0.6 is 0 Å². The maximum absolute atomic E-state index is 14.7. The van der Waals surface area contributed by atoms with Crippen LogP contribution in [-0.2, 0) is 6.11 Å². The van der Waals surface area contributed by atoms with E-state index in [0.717, 1.165) is 37.8 Å². The fourth-order valence-electron chi connectivity index (χ4n) is 4.48. The van der Waals surface area contributed by atoms with Gasteiger partial charge >= 0.3 is 12.2 Å². The Labute approximate surface area is 205 Å². The van der Waals surface area contributed by atoms with E-state index in [1.54, 1.807) is 0 Å². The zero-order valence-electron chi connectivity index (χ0n) is 19.4. The van der Waals surface area contributed by atoms with Crippen LogP contribution in [0.25, 0.3) is 0 Å². The largest absolute Gasteiger partial charge is 0.432 e. The summed E-state index contributed by atoms with van der Waals surface area (Å²) in [5, 5.41) is 0. The maximum Gasteiger partial charge on any atom is 0.432 e. The molecule has 1 aliphatic carbocycles. The number of halogens is 10. The summed E-state index contributed by atoms with van der Waals surface area (Å²) in [6.07, 6.45) is -8.56. The molecule has 0 amide bonds. The van der Waals surface area contributed by atoms with E-state index in [4.69, 9.17) is 0 Å². The molecule has 0 heterocycles. The average Bonchev–Trinajstić information content (AvgIpc) is 2.75. The lowest BCUT2D eigenvalue weighted by molar-refractivity contribution is -0.189. The van der Waals surface area contributed by atoms with E-state index in [9.17, 15) is 43.9 Å². The van der Waals surface area contributed by atoms with Gasteiger partial charge in [-0.25, -0.2) is 17.6 Å². The number of alkyl halides is 4. The van der Waals surface area contributed by atoms with Gasteiger partial charge in [-0.3, -0.25) is 0 Å². The summed E-state index contributed by atoms with van der Waals surface area (Å²) in [4.78, 5) is 0. The van der Waals surface area contributed by atoms with Crippen LogP contribution in [0, 0.1) is 29.2 Å². The second-order valence-electron chi connectivity index (χ2n) is 8.80. The first-order valence-corrected chi connectivity index (χ1v) is 11.4. The lowest BCUT2D eigenvalue weighted by Gasteiger charge is -2.29. The number of benzene rings is 2. The monoisotopic (exact) mass is 544 g/mol. The molecule has 0 aliphatic heterocycles. The van der Waals surface area contributed by atoms with Crippen molar-refractivity contribution in [2.24, 2.45) is 5.92 Å². The van der Waals surface area contributed by atoms with Crippen molar-refractivity contribution in [3.05, 3.63) is 70.8 Å². The quantitative estimate of drug-likeness (QED) is 0.293. The van der Waals surface area contributed by atoms with E-state index in [1.807, 2.05) is 0 Å². The Morgan fingerprint density at radius 3 is 1.86 bits per heavy atom. The van der Waals surface area contributed by atoms with Gasteiger partial charge in [0.05, 0.1) is 6.08 Å². The Bertz CT molecular complexity index is 1090. The molecule has 1 fully saturated rings. The van der Waals surface area contributed by atoms with Gasteiger partial charge in [0.2, 0.25) is 0 Å². The van der Waals surface area contributed by atoms with Crippen LogP contribution in [-0.4, -0.2) is 6.11 Å². The molecule has 0 aromatic heterocycles. The van der Waals surface area contributed by atoms with Crippen molar-refractivity contribution >= 4 is 0 Å². The van der Waals surface area contributed by atoms with Gasteiger partial charge in [-0.15, -0.1) is 0 Å². The topological polar surface area (TPSA) is 18.5 Å². The fourth-order valence-corrected chi connectivity index (χ4v) is 4.48. The molecule has 3 rings (SSSR count). The summed E-state index contributed by atoms with van der Waals surface area (Å²) in [6, 6.07) is 1.46. The summed E-state index contributed by atoms with van der Waals surface area (Å²) in [7, 11) is 0. The lowest BCUT2D eigenvalue weighted by Crippen LogP contribution is -2.26. The van der Waals surface area contributed by atoms with Crippen LogP contribution < -0.4 is 9.47 Å². The van der Waals surface area contributed by atoms with Crippen LogP contribution in [0.15, 0.2) is 36.4 Å². The third-order valence-electron chi connectivity index (χ3n) is 6.10. The second kappa shape index (κ2) is 11.2. The Hall–Kier alpha value is -2.92. The standard InChI is InChI=1S/C25H22F10O2/c1-2-3-13-4-6-14(7-5-13)15-8-17(26)22(18(27)9-15)25(34,35)36-16-10-19(28)23(20(29)11-16)37-24(32,33)12-21(30)31/h8-14H,2-7H2,1H3. The maximum atomic E-state index is 14.7. The number of ether oxygens (including phenoxy) is 2. The molecule has 0 atom stereocenters. The molecule has 0 radical (unpaired) electrons. The van der Waals surface area contributed by atoms with Crippen molar-refractivity contribution < 1.29 is 53.4 Å². The fraction of sp³-hybridized carbons (Fsp3) is 0.440. The van der Waals surface area contributed by atoms with E-state index >= 15 is 0 Å². The minimum absolute atomic E-state index is 0.0309. The van der Waals surface area contributed by atoms with Gasteiger partial charge in [0.15, 0.2) is 17.4 Å². The van der Waals surface area contributed by atoms with E-state index < -0.39 is 64.7 Å². The number of hydrogen-bond acceptors (Lipinski definition) is 2. The Morgan fingerprint density at radius 1 is 0.838 bits per heavy atom. The smallest absolute Gasteiger partial charge is 0.429 e. The van der Waals surface area contributed by atoms with Gasteiger partial charge in [0.1, 0.15) is 22.9 Å². The molecule has 0 bridgehead atoms. The molecule has 1 saturated carbocycles. The van der Waals surface area contributed by atoms with Gasteiger partial charge in [-0.1, -0.05) is 19.8 Å². The van der Waals surface area contributed by atoms with E-state index in [2.05, 4.69) is 16.4 Å². The van der Waals surface area contributed by atoms with Crippen molar-refractivity contribution in [3.8, 4) is 11.5 Å². The summed E-state index contributed by atoms with van der Waals surface area (Å²) in [6.45, 7) is 2.05. The van der Waals surface area contributed by atoms with Crippen molar-refractivity contribution in [2.75, 3.05) is 0 Å². The van der Waals surface area contributed by atoms with Crippen molar-refractivity contribution in [3.63, 3.8) is 0 Å². The minimum Gasteiger partial charge on any atom is -0.429 e. The molecular formula is C25H22F10O2. The van der Waals surface area contributed by atoms with Gasteiger partial charge in [0.25, 0.3) is 6.08 Å². The first-order valence-electron chi connectivity index (χ1n) is 11.4. The molecule has 1 aliphatic rings. The minimum atomic E-state index is -4.84. The highest BCUT2D eigenvalue weighted by atomic mass is 19.3. The van der Waals surface area contributed by atoms with E-state index in [1.165, 1.54) is 0 Å². The van der Waals surface area contributed by atoms with Crippen LogP contribution in [0.4, 0.5) is 43.9 Å². The average molecular weight is 544 g/mol. The highest BCUT2D eigenvalue weighted by Crippen LogP contribution is 2.42. The highest BCUT2D eigenvalue weighted by Gasteiger charge is 2.42. The zero-order chi connectivity index (χ0) is 27.5. The predicted molar refractivity (Wildman–Crippen MR) is 113 cm³/mol. The molecular weight excluding hydrogens is 522 g/mol. The van der Waals surface area contributed by atoms with Crippen LogP contribution in [0.5, 0.6) is 11.5 Å². The highest BCUT2D eigenvalue weighted by molar-refractivity contribution is 5.37. The summed E-state index contributed by atoms with van der Waals surface area (Å²) >= 11 is 0. The van der Waals surface area contributed by atoms with E-state index in [0.29, 0.717) is 18.8 Å². The molecule has 0 unspecified atom stereocenters. The van der Waals surface area contributed by atoms with Crippen LogP contribution in [0.3, 0.4) is 0 Å². The number of rotatable bonds is 9. The Kier molecular flexibility index (Phi) is 8.69. The van der Waals surface area contributed by atoms with Gasteiger partial charge in [-0.2, -0.15) is 26.3 Å². The molecule has 2 aromatic carbocycles. The van der Waals surface area contributed by atoms with Gasteiger partial charge in [0, 0.05) is 12.1 Å². The molecule has 0 saturated heterocycles. The normalized spacial score (nSPS) is 18.5. The molecule has 37 heavy (non-hydrogen) atoms. The molecule has 0 N–H and O–H groups in total. The van der Waals surface area contributed by atoms with E-state index in [-0.39, 0.29) is 23.6 Å². The molecule has 0 spiro atoms. The Balaban J connectivity index is 1.81. The SMILES string of the molecule is CCCC1CCC(c2cc(F)c(C(F)(F)Oc3cc(F)c(OC(F)(F)C=C(F)F)c(F)c3)c(F)c2)CC1. The first kappa shape index (κ1) is 28.6. The molecule has 12 heteroatoms. The van der Waals surface area contributed by atoms with Crippen molar-refractivity contribution in [1.82, 2.24) is 0 Å². The van der Waals surface area contributed by atoms with Crippen LogP contribution in [0.1, 0.15) is 62.5 Å². The molecule has 204 valence electrons. The lowest BCUT2D eigenvalue weighted by atomic mass is 9.77. The summed E-state index contributed by atoms with van der Waals surface area (Å²) < 4.78 is 145. The summed E-state index contributed by atoms with van der Waals surface area (Å²) in [5.41, 5.74) is -1.62.